The Labute approximate surface area is 189 Å². The van der Waals surface area contributed by atoms with Crippen LogP contribution >= 0.6 is 0 Å². The number of carbonyl (C=O) groups excluding carboxylic acids is 2. The highest BCUT2D eigenvalue weighted by atomic mass is 16.2. The Morgan fingerprint density at radius 1 is 1.09 bits per heavy atom. The number of hydrogen-bond acceptors (Lipinski definition) is 2. The number of aryl methyl sites for hydroxylation is 1. The van der Waals surface area contributed by atoms with Crippen LogP contribution < -0.4 is 0 Å². The van der Waals surface area contributed by atoms with E-state index in [-0.39, 0.29) is 24.3 Å². The highest BCUT2D eigenvalue weighted by Gasteiger charge is 2.56. The average Bonchev–Trinajstić information content (AvgIpc) is 3.18. The third-order valence-corrected chi connectivity index (χ3v) is 7.19. The van der Waals surface area contributed by atoms with Crippen molar-refractivity contribution in [2.75, 3.05) is 19.6 Å². The molecule has 2 aromatic carbocycles. The fourth-order valence-electron chi connectivity index (χ4n) is 5.55. The summed E-state index contributed by atoms with van der Waals surface area (Å²) in [6.45, 7) is 9.49. The zero-order valence-corrected chi connectivity index (χ0v) is 19.3. The normalized spacial score (nSPS) is 23.1. The quantitative estimate of drug-likeness (QED) is 0.668. The van der Waals surface area contributed by atoms with Crippen LogP contribution in [0.5, 0.6) is 0 Å². The number of hydrogen-bond donors (Lipinski definition) is 1. The Balaban J connectivity index is 1.71. The molecule has 5 rings (SSSR count). The minimum absolute atomic E-state index is 0.0124. The van der Waals surface area contributed by atoms with Crippen molar-refractivity contribution < 1.29 is 9.59 Å². The van der Waals surface area contributed by atoms with Crippen LogP contribution in [0.4, 0.5) is 0 Å². The molecule has 3 heterocycles. The predicted octanol–water partition coefficient (Wildman–Crippen LogP) is 4.42. The summed E-state index contributed by atoms with van der Waals surface area (Å²) in [6, 6.07) is 16.9. The Kier molecular flexibility index (Phi) is 4.88. The second-order valence-corrected chi connectivity index (χ2v) is 9.76. The first-order valence-corrected chi connectivity index (χ1v) is 11.6. The maximum absolute atomic E-state index is 13.8. The second-order valence-electron chi connectivity index (χ2n) is 9.76. The molecule has 32 heavy (non-hydrogen) atoms. The van der Waals surface area contributed by atoms with Crippen molar-refractivity contribution in [3.63, 3.8) is 0 Å². The Morgan fingerprint density at radius 2 is 1.81 bits per heavy atom. The molecule has 0 saturated carbocycles. The van der Waals surface area contributed by atoms with Gasteiger partial charge in [-0.3, -0.25) is 9.59 Å². The Bertz CT molecular complexity index is 1190. The SMILES string of the molecule is CCc1ccc([C@H]2CN3C(=O)CN(CC(C)C)C(=O)[C@@]3(C)c3[nH]c4ccccc4c32)cc1. The van der Waals surface area contributed by atoms with Gasteiger partial charge in [0, 0.05) is 29.9 Å². The summed E-state index contributed by atoms with van der Waals surface area (Å²) in [4.78, 5) is 34.4. The topological polar surface area (TPSA) is 56.4 Å². The highest BCUT2D eigenvalue weighted by Crippen LogP contribution is 2.48. The molecule has 0 radical (unpaired) electrons. The van der Waals surface area contributed by atoms with Gasteiger partial charge < -0.3 is 14.8 Å². The van der Waals surface area contributed by atoms with Gasteiger partial charge in [-0.05, 0) is 42.0 Å². The number of carbonyl (C=O) groups is 2. The largest absolute Gasteiger partial charge is 0.356 e. The Morgan fingerprint density at radius 3 is 2.50 bits per heavy atom. The van der Waals surface area contributed by atoms with Crippen molar-refractivity contribution in [3.8, 4) is 0 Å². The van der Waals surface area contributed by atoms with Crippen molar-refractivity contribution in [2.24, 2.45) is 5.92 Å². The molecule has 1 aromatic heterocycles. The number of amides is 2. The van der Waals surface area contributed by atoms with Gasteiger partial charge in [-0.15, -0.1) is 0 Å². The maximum atomic E-state index is 13.8. The van der Waals surface area contributed by atoms with E-state index in [4.69, 9.17) is 0 Å². The molecule has 0 unspecified atom stereocenters. The third kappa shape index (κ3) is 2.98. The molecule has 1 fully saturated rings. The summed E-state index contributed by atoms with van der Waals surface area (Å²) >= 11 is 0. The van der Waals surface area contributed by atoms with Crippen LogP contribution in [0.2, 0.25) is 0 Å². The maximum Gasteiger partial charge on any atom is 0.254 e. The molecule has 0 aliphatic carbocycles. The van der Waals surface area contributed by atoms with Crippen molar-refractivity contribution in [1.29, 1.82) is 0 Å². The number of benzene rings is 2. The van der Waals surface area contributed by atoms with Crippen LogP contribution in [0.25, 0.3) is 10.9 Å². The number of piperazine rings is 1. The van der Waals surface area contributed by atoms with Gasteiger partial charge in [-0.2, -0.15) is 0 Å². The van der Waals surface area contributed by atoms with E-state index < -0.39 is 5.54 Å². The second kappa shape index (κ2) is 7.51. The highest BCUT2D eigenvalue weighted by molar-refractivity contribution is 6.01. The molecular weight excluding hydrogens is 398 g/mol. The third-order valence-electron chi connectivity index (χ3n) is 7.19. The molecule has 0 spiro atoms. The predicted molar refractivity (Wildman–Crippen MR) is 126 cm³/mol. The van der Waals surface area contributed by atoms with Gasteiger partial charge in [0.15, 0.2) is 5.54 Å². The summed E-state index contributed by atoms with van der Waals surface area (Å²) < 4.78 is 0. The first-order chi connectivity index (χ1) is 15.3. The van der Waals surface area contributed by atoms with E-state index in [9.17, 15) is 9.59 Å². The first kappa shape index (κ1) is 20.8. The van der Waals surface area contributed by atoms with E-state index >= 15 is 0 Å². The van der Waals surface area contributed by atoms with E-state index in [0.717, 1.165) is 28.6 Å². The van der Waals surface area contributed by atoms with E-state index in [1.807, 2.05) is 24.0 Å². The number of aromatic nitrogens is 1. The van der Waals surface area contributed by atoms with Crippen LogP contribution in [-0.2, 0) is 21.5 Å². The first-order valence-electron chi connectivity index (χ1n) is 11.6. The zero-order valence-electron chi connectivity index (χ0n) is 19.3. The minimum atomic E-state index is -1.02. The minimum Gasteiger partial charge on any atom is -0.356 e. The fourth-order valence-corrected chi connectivity index (χ4v) is 5.55. The Hall–Kier alpha value is -3.08. The van der Waals surface area contributed by atoms with E-state index in [1.54, 1.807) is 4.90 Å². The number of para-hydroxylation sites is 1. The van der Waals surface area contributed by atoms with Gasteiger partial charge in [0.1, 0.15) is 0 Å². The molecule has 2 aliphatic rings. The van der Waals surface area contributed by atoms with Gasteiger partial charge in [-0.1, -0.05) is 63.2 Å². The molecule has 5 heteroatoms. The molecule has 1 N–H and O–H groups in total. The molecule has 2 aliphatic heterocycles. The van der Waals surface area contributed by atoms with Crippen LogP contribution in [-0.4, -0.2) is 46.2 Å². The monoisotopic (exact) mass is 429 g/mol. The molecule has 2 atom stereocenters. The summed E-state index contributed by atoms with van der Waals surface area (Å²) in [6.07, 6.45) is 0.992. The lowest BCUT2D eigenvalue weighted by Crippen LogP contribution is -2.67. The molecule has 2 amide bonds. The lowest BCUT2D eigenvalue weighted by Gasteiger charge is -2.51. The van der Waals surface area contributed by atoms with Crippen molar-refractivity contribution in [2.45, 2.75) is 45.6 Å². The van der Waals surface area contributed by atoms with E-state index in [2.05, 4.69) is 62.2 Å². The fraction of sp³-hybridized carbons (Fsp3) is 0.407. The number of nitrogens with one attached hydrogen (secondary N) is 1. The molecule has 5 nitrogen and oxygen atoms in total. The average molecular weight is 430 g/mol. The summed E-state index contributed by atoms with van der Waals surface area (Å²) in [5.41, 5.74) is 4.48. The summed E-state index contributed by atoms with van der Waals surface area (Å²) in [5, 5.41) is 1.13. The lowest BCUT2D eigenvalue weighted by molar-refractivity contribution is -0.166. The molecule has 3 aromatic rings. The number of aromatic amines is 1. The smallest absolute Gasteiger partial charge is 0.254 e. The van der Waals surface area contributed by atoms with Crippen LogP contribution in [0.15, 0.2) is 48.5 Å². The number of H-pyrrole nitrogens is 1. The van der Waals surface area contributed by atoms with E-state index in [0.29, 0.717) is 19.0 Å². The van der Waals surface area contributed by atoms with Crippen LogP contribution in [0.1, 0.15) is 56.0 Å². The van der Waals surface area contributed by atoms with Crippen molar-refractivity contribution in [1.82, 2.24) is 14.8 Å². The van der Waals surface area contributed by atoms with Crippen molar-refractivity contribution >= 4 is 22.7 Å². The van der Waals surface area contributed by atoms with Gasteiger partial charge in [-0.25, -0.2) is 0 Å². The lowest BCUT2D eigenvalue weighted by atomic mass is 9.76. The van der Waals surface area contributed by atoms with E-state index in [1.165, 1.54) is 11.1 Å². The number of nitrogens with zero attached hydrogens (tertiary/aromatic N) is 2. The zero-order chi connectivity index (χ0) is 22.6. The molecule has 1 saturated heterocycles. The molecule has 166 valence electrons. The van der Waals surface area contributed by atoms with Crippen LogP contribution in [0.3, 0.4) is 0 Å². The number of fused-ring (bicyclic) bond motifs is 5. The summed E-state index contributed by atoms with van der Waals surface area (Å²) in [5.74, 6) is 0.358. The summed E-state index contributed by atoms with van der Waals surface area (Å²) in [7, 11) is 0. The van der Waals surface area contributed by atoms with Gasteiger partial charge in [0.25, 0.3) is 5.91 Å². The van der Waals surface area contributed by atoms with Gasteiger partial charge in [0.2, 0.25) is 5.91 Å². The molecular formula is C27H31N3O2. The standard InChI is InChI=1S/C27H31N3O2/c1-5-18-10-12-19(13-11-18)21-15-30-23(31)16-29(14-17(2)3)26(32)27(30,4)25-24(21)20-8-6-7-9-22(20)28-25/h6-13,17,21,28H,5,14-16H2,1-4H3/t21-,27-/m1/s1. The van der Waals surface area contributed by atoms with Gasteiger partial charge in [0.05, 0.1) is 12.2 Å². The van der Waals surface area contributed by atoms with Gasteiger partial charge >= 0.3 is 0 Å². The number of rotatable bonds is 4. The van der Waals surface area contributed by atoms with Crippen LogP contribution in [0, 0.1) is 5.92 Å². The van der Waals surface area contributed by atoms with Crippen molar-refractivity contribution in [3.05, 3.63) is 70.9 Å². The molecule has 0 bridgehead atoms.